The van der Waals surface area contributed by atoms with Crippen LogP contribution < -0.4 is 19.8 Å². The Kier molecular flexibility index (Phi) is 4.16. The molecule has 3 aromatic rings. The highest BCUT2D eigenvalue weighted by molar-refractivity contribution is 7.89. The van der Waals surface area contributed by atoms with Crippen molar-refractivity contribution in [1.82, 2.24) is 9.71 Å². The third kappa shape index (κ3) is 3.17. The van der Waals surface area contributed by atoms with E-state index in [0.717, 1.165) is 22.0 Å². The number of aromatic amines is 1. The molecule has 0 radical (unpaired) electrons. The second-order valence-corrected chi connectivity index (χ2v) is 8.20. The zero-order valence-electron chi connectivity index (χ0n) is 14.8. The number of benzene rings is 2. The minimum Gasteiger partial charge on any atom is -0.454 e. The minimum absolute atomic E-state index is 0.0513. The number of nitrogens with one attached hydrogen (secondary N) is 2. The lowest BCUT2D eigenvalue weighted by Crippen LogP contribution is -2.27. The van der Waals surface area contributed by atoms with Gasteiger partial charge in [0.25, 0.3) is 5.56 Å². The van der Waals surface area contributed by atoms with Crippen LogP contribution >= 0.6 is 0 Å². The Labute approximate surface area is 156 Å². The number of fused-ring (bicyclic) bond motifs is 2. The van der Waals surface area contributed by atoms with Crippen molar-refractivity contribution in [1.29, 1.82) is 0 Å². The molecule has 0 amide bonds. The van der Waals surface area contributed by atoms with E-state index in [2.05, 4.69) is 9.71 Å². The first-order valence-corrected chi connectivity index (χ1v) is 9.85. The fourth-order valence-corrected chi connectivity index (χ4v) is 4.02. The molecule has 0 bridgehead atoms. The van der Waals surface area contributed by atoms with Crippen molar-refractivity contribution in [2.24, 2.45) is 0 Å². The van der Waals surface area contributed by atoms with Crippen molar-refractivity contribution in [3.05, 3.63) is 63.4 Å². The number of H-pyrrole nitrogens is 1. The summed E-state index contributed by atoms with van der Waals surface area (Å²) in [5.74, 6) is 0.887. The Bertz CT molecular complexity index is 1210. The summed E-state index contributed by atoms with van der Waals surface area (Å²) in [6.45, 7) is 3.86. The van der Waals surface area contributed by atoms with Gasteiger partial charge in [0, 0.05) is 18.2 Å². The van der Waals surface area contributed by atoms with Crippen LogP contribution in [0.25, 0.3) is 10.9 Å². The predicted octanol–water partition coefficient (Wildman–Crippen LogP) is 2.35. The molecule has 1 aromatic heterocycles. The van der Waals surface area contributed by atoms with Crippen LogP contribution in [-0.4, -0.2) is 20.2 Å². The Morgan fingerprint density at radius 1 is 1.07 bits per heavy atom. The molecule has 8 heteroatoms. The number of rotatable bonds is 4. The maximum absolute atomic E-state index is 12.6. The minimum atomic E-state index is -3.80. The summed E-state index contributed by atoms with van der Waals surface area (Å²) in [5.41, 5.74) is 2.87. The van der Waals surface area contributed by atoms with E-state index in [1.54, 1.807) is 12.1 Å². The van der Waals surface area contributed by atoms with Crippen LogP contribution in [0.4, 0.5) is 0 Å². The van der Waals surface area contributed by atoms with Gasteiger partial charge in [-0.1, -0.05) is 12.1 Å². The summed E-state index contributed by atoms with van der Waals surface area (Å²) in [6, 6.07) is 9.97. The molecule has 1 aliphatic heterocycles. The van der Waals surface area contributed by atoms with E-state index in [1.807, 2.05) is 26.0 Å². The number of hydrogen-bond acceptors (Lipinski definition) is 5. The third-order valence-corrected chi connectivity index (χ3v) is 6.13. The topological polar surface area (TPSA) is 97.5 Å². The van der Waals surface area contributed by atoms with Gasteiger partial charge >= 0.3 is 0 Å². The summed E-state index contributed by atoms with van der Waals surface area (Å²) < 4.78 is 38.0. The zero-order valence-corrected chi connectivity index (χ0v) is 15.6. The van der Waals surface area contributed by atoms with Crippen molar-refractivity contribution in [3.8, 4) is 11.5 Å². The van der Waals surface area contributed by atoms with E-state index < -0.39 is 10.0 Å². The molecule has 7 nitrogen and oxygen atoms in total. The summed E-state index contributed by atoms with van der Waals surface area (Å²) in [5, 5.41) is 0.856. The molecule has 1 aliphatic rings. The number of hydrogen-bond donors (Lipinski definition) is 2. The summed E-state index contributed by atoms with van der Waals surface area (Å²) in [7, 11) is -3.80. The van der Waals surface area contributed by atoms with Gasteiger partial charge in [-0.25, -0.2) is 13.1 Å². The zero-order chi connectivity index (χ0) is 19.2. The van der Waals surface area contributed by atoms with E-state index in [4.69, 9.17) is 9.47 Å². The number of ether oxygens (including phenoxy) is 2. The lowest BCUT2D eigenvalue weighted by atomic mass is 10.0. The predicted molar refractivity (Wildman–Crippen MR) is 101 cm³/mol. The molecule has 0 saturated carbocycles. The average Bonchev–Trinajstić information content (AvgIpc) is 3.11. The third-order valence-electron chi connectivity index (χ3n) is 4.73. The van der Waals surface area contributed by atoms with Gasteiger partial charge in [-0.15, -0.1) is 0 Å². The van der Waals surface area contributed by atoms with Crippen LogP contribution in [0.2, 0.25) is 0 Å². The van der Waals surface area contributed by atoms with Crippen LogP contribution in [0.1, 0.15) is 16.7 Å². The molecule has 4 rings (SSSR count). The highest BCUT2D eigenvalue weighted by atomic mass is 32.2. The molecule has 0 fully saturated rings. The molecule has 2 heterocycles. The molecule has 0 aliphatic carbocycles. The lowest BCUT2D eigenvalue weighted by Gasteiger charge is -2.10. The Hall–Kier alpha value is -2.84. The molecular weight excluding hydrogens is 368 g/mol. The van der Waals surface area contributed by atoms with Gasteiger partial charge in [0.1, 0.15) is 0 Å². The van der Waals surface area contributed by atoms with Crippen molar-refractivity contribution in [3.63, 3.8) is 0 Å². The number of pyridine rings is 1. The van der Waals surface area contributed by atoms with Gasteiger partial charge < -0.3 is 14.5 Å². The Morgan fingerprint density at radius 2 is 1.85 bits per heavy atom. The fourth-order valence-electron chi connectivity index (χ4n) is 3.00. The molecular formula is C19H18N2O5S. The van der Waals surface area contributed by atoms with E-state index in [0.29, 0.717) is 17.1 Å². The van der Waals surface area contributed by atoms with E-state index in [9.17, 15) is 13.2 Å². The maximum atomic E-state index is 12.6. The van der Waals surface area contributed by atoms with Crippen LogP contribution in [0, 0.1) is 13.8 Å². The standard InChI is InChI=1S/C19H18N2O5S/c1-11-3-4-13-7-14(19(22)21-18(13)12(11)2)9-20-27(23,24)15-5-6-16-17(8-15)26-10-25-16/h3-8,20H,9-10H2,1-2H3,(H,21,22). The molecule has 2 N–H and O–H groups in total. The molecule has 2 aromatic carbocycles. The van der Waals surface area contributed by atoms with Crippen LogP contribution in [0.15, 0.2) is 46.1 Å². The maximum Gasteiger partial charge on any atom is 0.252 e. The summed E-state index contributed by atoms with van der Waals surface area (Å²) >= 11 is 0. The van der Waals surface area contributed by atoms with E-state index >= 15 is 0 Å². The highest BCUT2D eigenvalue weighted by Crippen LogP contribution is 2.33. The van der Waals surface area contributed by atoms with Gasteiger partial charge in [-0.2, -0.15) is 0 Å². The second kappa shape index (κ2) is 6.40. The van der Waals surface area contributed by atoms with Gasteiger partial charge in [0.15, 0.2) is 11.5 Å². The number of aromatic nitrogens is 1. The average molecular weight is 386 g/mol. The summed E-state index contributed by atoms with van der Waals surface area (Å²) in [4.78, 5) is 15.3. The monoisotopic (exact) mass is 386 g/mol. The first-order valence-electron chi connectivity index (χ1n) is 8.36. The largest absolute Gasteiger partial charge is 0.454 e. The smallest absolute Gasteiger partial charge is 0.252 e. The highest BCUT2D eigenvalue weighted by Gasteiger charge is 2.20. The first kappa shape index (κ1) is 17.6. The Morgan fingerprint density at radius 3 is 2.67 bits per heavy atom. The van der Waals surface area contributed by atoms with Gasteiger partial charge in [0.05, 0.1) is 10.4 Å². The van der Waals surface area contributed by atoms with E-state index in [1.165, 1.54) is 12.1 Å². The normalized spacial score (nSPS) is 13.3. The fraction of sp³-hybridized carbons (Fsp3) is 0.211. The van der Waals surface area contributed by atoms with Gasteiger partial charge in [-0.3, -0.25) is 4.79 Å². The molecule has 0 unspecified atom stereocenters. The van der Waals surface area contributed by atoms with Crippen LogP contribution in [0.5, 0.6) is 11.5 Å². The van der Waals surface area contributed by atoms with Crippen molar-refractivity contribution in [2.75, 3.05) is 6.79 Å². The van der Waals surface area contributed by atoms with E-state index in [-0.39, 0.29) is 23.8 Å². The van der Waals surface area contributed by atoms with Crippen LogP contribution in [-0.2, 0) is 16.6 Å². The van der Waals surface area contributed by atoms with Gasteiger partial charge in [0.2, 0.25) is 16.8 Å². The molecule has 140 valence electrons. The molecule has 0 spiro atoms. The van der Waals surface area contributed by atoms with Crippen molar-refractivity contribution >= 4 is 20.9 Å². The quantitative estimate of drug-likeness (QED) is 0.717. The molecule has 0 atom stereocenters. The molecule has 27 heavy (non-hydrogen) atoms. The van der Waals surface area contributed by atoms with Gasteiger partial charge in [-0.05, 0) is 48.6 Å². The molecule has 0 saturated heterocycles. The van der Waals surface area contributed by atoms with Crippen molar-refractivity contribution < 1.29 is 17.9 Å². The second-order valence-electron chi connectivity index (χ2n) is 6.44. The first-order chi connectivity index (χ1) is 12.8. The number of aryl methyl sites for hydroxylation is 2. The lowest BCUT2D eigenvalue weighted by molar-refractivity contribution is 0.174. The van der Waals surface area contributed by atoms with Crippen LogP contribution in [0.3, 0.4) is 0 Å². The van der Waals surface area contributed by atoms with Crippen molar-refractivity contribution in [2.45, 2.75) is 25.3 Å². The Balaban J connectivity index is 1.62. The summed E-state index contributed by atoms with van der Waals surface area (Å²) in [6.07, 6.45) is 0. The number of sulfonamides is 1. The SMILES string of the molecule is Cc1ccc2cc(CNS(=O)(=O)c3ccc4c(c3)OCO4)c(=O)[nH]c2c1C.